The molecule has 0 saturated carbocycles. The SMILES string of the molecule is COc1cc(C)c2[nH]ccc2c1C(C)(NC(=O)OC(C)(C)C)c1nc2ccc(C#N)cc2n1COCC[Si](C)(C)C. The van der Waals surface area contributed by atoms with Gasteiger partial charge in [-0.05, 0) is 76.6 Å². The first kappa shape index (κ1) is 30.2. The summed E-state index contributed by atoms with van der Waals surface area (Å²) in [4.78, 5) is 21.8. The minimum absolute atomic E-state index is 0.196. The number of imidazole rings is 1. The van der Waals surface area contributed by atoms with Crippen molar-refractivity contribution in [2.75, 3.05) is 13.7 Å². The number of fused-ring (bicyclic) bond motifs is 2. The van der Waals surface area contributed by atoms with Crippen molar-refractivity contribution in [3.8, 4) is 11.8 Å². The smallest absolute Gasteiger partial charge is 0.408 e. The molecule has 2 aromatic heterocycles. The van der Waals surface area contributed by atoms with Crippen LogP contribution in [0.4, 0.5) is 4.79 Å². The largest absolute Gasteiger partial charge is 0.496 e. The lowest BCUT2D eigenvalue weighted by Crippen LogP contribution is -2.48. The van der Waals surface area contributed by atoms with Crippen LogP contribution in [0.15, 0.2) is 36.5 Å². The fraction of sp³-hybridized carbons (Fsp3) is 0.452. The Labute approximate surface area is 242 Å². The standard InChI is InChI=1S/C31H41N5O4Si/c1-20-16-25(38-6)26(22-12-13-33-27(20)22)31(5,35-29(37)40-30(2,3)4)28-34-23-11-10-21(18-32)17-24(23)36(28)19-39-14-15-41(7,8)9/h10-13,16-17,33H,14-15,19H2,1-9H3,(H,35,37). The summed E-state index contributed by atoms with van der Waals surface area (Å²) >= 11 is 0. The molecule has 0 aliphatic heterocycles. The fourth-order valence-electron chi connectivity index (χ4n) is 5.03. The van der Waals surface area contributed by atoms with E-state index in [4.69, 9.17) is 19.2 Å². The van der Waals surface area contributed by atoms with Crippen LogP contribution >= 0.6 is 0 Å². The molecule has 41 heavy (non-hydrogen) atoms. The minimum Gasteiger partial charge on any atom is -0.496 e. The third-order valence-corrected chi connectivity index (χ3v) is 8.72. The van der Waals surface area contributed by atoms with Crippen molar-refractivity contribution in [2.24, 2.45) is 0 Å². The number of amides is 1. The number of aromatic nitrogens is 3. The highest BCUT2D eigenvalue weighted by Gasteiger charge is 2.41. The van der Waals surface area contributed by atoms with Gasteiger partial charge < -0.3 is 29.1 Å². The zero-order valence-electron chi connectivity index (χ0n) is 25.6. The molecule has 2 aromatic carbocycles. The molecular formula is C31H41N5O4Si. The first-order valence-corrected chi connectivity index (χ1v) is 17.5. The van der Waals surface area contributed by atoms with Crippen LogP contribution in [0.25, 0.3) is 21.9 Å². The summed E-state index contributed by atoms with van der Waals surface area (Å²) in [6.45, 7) is 17.1. The van der Waals surface area contributed by atoms with Gasteiger partial charge in [-0.2, -0.15) is 5.26 Å². The second-order valence-electron chi connectivity index (χ2n) is 12.8. The predicted octanol–water partition coefficient (Wildman–Crippen LogP) is 6.81. The van der Waals surface area contributed by atoms with Crippen molar-refractivity contribution in [3.05, 3.63) is 59.0 Å². The molecule has 0 radical (unpaired) electrons. The number of hydrogen-bond donors (Lipinski definition) is 2. The van der Waals surface area contributed by atoms with Crippen LogP contribution in [0.2, 0.25) is 25.7 Å². The highest BCUT2D eigenvalue weighted by Crippen LogP contribution is 2.42. The maximum atomic E-state index is 13.5. The van der Waals surface area contributed by atoms with Gasteiger partial charge in [-0.3, -0.25) is 0 Å². The van der Waals surface area contributed by atoms with Gasteiger partial charge in [-0.25, -0.2) is 9.78 Å². The first-order chi connectivity index (χ1) is 19.2. The first-order valence-electron chi connectivity index (χ1n) is 13.8. The Hall–Kier alpha value is -3.81. The number of nitriles is 1. The summed E-state index contributed by atoms with van der Waals surface area (Å²) in [5, 5.41) is 13.7. The van der Waals surface area contributed by atoms with Gasteiger partial charge in [0.15, 0.2) is 0 Å². The molecule has 0 spiro atoms. The summed E-state index contributed by atoms with van der Waals surface area (Å²) < 4.78 is 19.9. The van der Waals surface area contributed by atoms with E-state index in [1.807, 2.05) is 63.6 Å². The zero-order valence-corrected chi connectivity index (χ0v) is 26.6. The van der Waals surface area contributed by atoms with Crippen molar-refractivity contribution in [1.29, 1.82) is 5.26 Å². The molecule has 10 heteroatoms. The topological polar surface area (TPSA) is 114 Å². The van der Waals surface area contributed by atoms with Gasteiger partial charge in [0, 0.05) is 37.3 Å². The van der Waals surface area contributed by atoms with E-state index in [1.54, 1.807) is 19.2 Å². The molecule has 218 valence electrons. The van der Waals surface area contributed by atoms with E-state index >= 15 is 0 Å². The van der Waals surface area contributed by atoms with E-state index in [-0.39, 0.29) is 6.73 Å². The quantitative estimate of drug-likeness (QED) is 0.167. The lowest BCUT2D eigenvalue weighted by molar-refractivity contribution is 0.0462. The van der Waals surface area contributed by atoms with Crippen LogP contribution in [0.1, 0.15) is 50.2 Å². The van der Waals surface area contributed by atoms with Crippen LogP contribution in [0, 0.1) is 18.3 Å². The van der Waals surface area contributed by atoms with Crippen LogP contribution in [-0.4, -0.2) is 48.0 Å². The van der Waals surface area contributed by atoms with Crippen molar-refractivity contribution < 1.29 is 19.0 Å². The lowest BCUT2D eigenvalue weighted by atomic mass is 9.86. The van der Waals surface area contributed by atoms with E-state index in [0.29, 0.717) is 29.3 Å². The van der Waals surface area contributed by atoms with Gasteiger partial charge in [-0.15, -0.1) is 0 Å². The monoisotopic (exact) mass is 575 g/mol. The molecule has 0 fully saturated rings. The number of nitrogens with one attached hydrogen (secondary N) is 2. The van der Waals surface area contributed by atoms with Crippen LogP contribution in [-0.2, 0) is 21.7 Å². The van der Waals surface area contributed by atoms with E-state index in [2.05, 4.69) is 36.0 Å². The number of H-pyrrole nitrogens is 1. The van der Waals surface area contributed by atoms with Gasteiger partial charge in [0.25, 0.3) is 0 Å². The van der Waals surface area contributed by atoms with Crippen LogP contribution in [0.5, 0.6) is 5.75 Å². The Bertz CT molecular complexity index is 1620. The Morgan fingerprint density at radius 3 is 2.54 bits per heavy atom. The number of nitrogens with zero attached hydrogens (tertiary/aromatic N) is 3. The Morgan fingerprint density at radius 2 is 1.90 bits per heavy atom. The average Bonchev–Trinajstić information content (AvgIpc) is 3.50. The van der Waals surface area contributed by atoms with Gasteiger partial charge in [0.2, 0.25) is 0 Å². The lowest BCUT2D eigenvalue weighted by Gasteiger charge is -2.34. The van der Waals surface area contributed by atoms with Gasteiger partial charge in [-0.1, -0.05) is 19.6 Å². The molecule has 4 rings (SSSR count). The number of ether oxygens (including phenoxy) is 3. The number of carbonyl (C=O) groups excluding carboxylic acids is 1. The molecule has 2 N–H and O–H groups in total. The number of rotatable bonds is 9. The number of aryl methyl sites for hydroxylation is 1. The number of alkyl carbamates (subject to hydrolysis) is 1. The van der Waals surface area contributed by atoms with Gasteiger partial charge >= 0.3 is 6.09 Å². The van der Waals surface area contributed by atoms with Crippen molar-refractivity contribution in [2.45, 2.75) is 78.2 Å². The fourth-order valence-corrected chi connectivity index (χ4v) is 5.79. The molecule has 2 heterocycles. The number of methoxy groups -OCH3 is 1. The molecule has 0 aliphatic rings. The highest BCUT2D eigenvalue weighted by molar-refractivity contribution is 6.76. The summed E-state index contributed by atoms with van der Waals surface area (Å²) in [6, 6.07) is 12.5. The van der Waals surface area contributed by atoms with Crippen molar-refractivity contribution in [3.63, 3.8) is 0 Å². The van der Waals surface area contributed by atoms with Crippen molar-refractivity contribution in [1.82, 2.24) is 19.9 Å². The van der Waals surface area contributed by atoms with Crippen LogP contribution < -0.4 is 10.1 Å². The summed E-state index contributed by atoms with van der Waals surface area (Å²) in [7, 11) is 0.295. The normalized spacial score (nSPS) is 13.7. The summed E-state index contributed by atoms with van der Waals surface area (Å²) in [5.41, 5.74) is 2.65. The maximum absolute atomic E-state index is 13.5. The Morgan fingerprint density at radius 1 is 1.17 bits per heavy atom. The minimum atomic E-state index is -1.32. The molecule has 1 atom stereocenters. The van der Waals surface area contributed by atoms with Gasteiger partial charge in [0.1, 0.15) is 29.4 Å². The molecule has 0 bridgehead atoms. The van der Waals surface area contributed by atoms with E-state index in [9.17, 15) is 10.1 Å². The third kappa shape index (κ3) is 6.42. The average molecular weight is 576 g/mol. The molecule has 0 saturated heterocycles. The number of carbonyl (C=O) groups is 1. The summed E-state index contributed by atoms with van der Waals surface area (Å²) in [5.74, 6) is 1.13. The third-order valence-electron chi connectivity index (χ3n) is 7.02. The van der Waals surface area contributed by atoms with Gasteiger partial charge in [0.05, 0.1) is 29.8 Å². The summed E-state index contributed by atoms with van der Waals surface area (Å²) in [6.07, 6.45) is 1.28. The molecule has 1 amide bonds. The number of benzene rings is 2. The van der Waals surface area contributed by atoms with E-state index < -0.39 is 25.3 Å². The van der Waals surface area contributed by atoms with Crippen LogP contribution in [0.3, 0.4) is 0 Å². The van der Waals surface area contributed by atoms with E-state index in [1.165, 1.54) is 0 Å². The predicted molar refractivity (Wildman–Crippen MR) is 164 cm³/mol. The maximum Gasteiger partial charge on any atom is 0.408 e. The molecule has 1 unspecified atom stereocenters. The molecular weight excluding hydrogens is 534 g/mol. The number of aromatic amines is 1. The second-order valence-corrected chi connectivity index (χ2v) is 18.4. The highest BCUT2D eigenvalue weighted by atomic mass is 28.3. The van der Waals surface area contributed by atoms with E-state index in [0.717, 1.165) is 33.6 Å². The Kier molecular flexibility index (Phi) is 8.25. The molecule has 9 nitrogen and oxygen atoms in total. The number of hydrogen-bond acceptors (Lipinski definition) is 6. The Balaban J connectivity index is 1.98. The zero-order chi connectivity index (χ0) is 30.2. The molecule has 4 aromatic rings. The second kappa shape index (κ2) is 11.2. The molecule has 0 aliphatic carbocycles. The van der Waals surface area contributed by atoms with Crippen molar-refractivity contribution >= 4 is 36.1 Å².